The van der Waals surface area contributed by atoms with Gasteiger partial charge in [-0.2, -0.15) is 0 Å². The van der Waals surface area contributed by atoms with Crippen LogP contribution in [-0.2, 0) is 9.59 Å². The van der Waals surface area contributed by atoms with Crippen LogP contribution in [0, 0.1) is 6.92 Å². The number of hydrogen-bond donors (Lipinski definition) is 2. The SMILES string of the molecule is Cc1ccccc1C1CC(NC2CCC(=O)NC2=O)C1. The number of carbonyl (C=O) groups excluding carboxylic acids is 2. The van der Waals surface area contributed by atoms with E-state index in [1.54, 1.807) is 0 Å². The lowest BCUT2D eigenvalue weighted by atomic mass is 9.74. The van der Waals surface area contributed by atoms with Gasteiger partial charge in [0.15, 0.2) is 0 Å². The maximum atomic E-state index is 11.7. The van der Waals surface area contributed by atoms with Crippen molar-refractivity contribution < 1.29 is 9.59 Å². The van der Waals surface area contributed by atoms with Crippen molar-refractivity contribution in [3.63, 3.8) is 0 Å². The number of rotatable bonds is 3. The Balaban J connectivity index is 1.53. The molecule has 4 heteroatoms. The quantitative estimate of drug-likeness (QED) is 0.822. The van der Waals surface area contributed by atoms with Gasteiger partial charge < -0.3 is 5.32 Å². The van der Waals surface area contributed by atoms with Gasteiger partial charge in [-0.05, 0) is 43.2 Å². The second-order valence-corrected chi connectivity index (χ2v) is 5.89. The lowest BCUT2D eigenvalue weighted by Gasteiger charge is -2.39. The number of imide groups is 1. The first-order valence-corrected chi connectivity index (χ1v) is 7.29. The van der Waals surface area contributed by atoms with Gasteiger partial charge in [0.25, 0.3) is 0 Å². The Morgan fingerprint density at radius 2 is 1.95 bits per heavy atom. The molecule has 2 amide bonds. The molecule has 2 N–H and O–H groups in total. The summed E-state index contributed by atoms with van der Waals surface area (Å²) in [6, 6.07) is 8.69. The largest absolute Gasteiger partial charge is 0.303 e. The minimum absolute atomic E-state index is 0.153. The van der Waals surface area contributed by atoms with Crippen molar-refractivity contribution in [2.75, 3.05) is 0 Å². The fourth-order valence-corrected chi connectivity index (χ4v) is 3.19. The van der Waals surface area contributed by atoms with Gasteiger partial charge in [0, 0.05) is 12.5 Å². The first-order valence-electron chi connectivity index (χ1n) is 7.29. The predicted octanol–water partition coefficient (Wildman–Crippen LogP) is 1.64. The highest BCUT2D eigenvalue weighted by Gasteiger charge is 2.35. The van der Waals surface area contributed by atoms with Crippen LogP contribution in [0.15, 0.2) is 24.3 Å². The average molecular weight is 272 g/mol. The summed E-state index contributed by atoms with van der Waals surface area (Å²) in [6.45, 7) is 2.15. The molecule has 106 valence electrons. The number of hydrogen-bond acceptors (Lipinski definition) is 3. The van der Waals surface area contributed by atoms with E-state index in [9.17, 15) is 9.59 Å². The first-order chi connectivity index (χ1) is 9.63. The number of piperidine rings is 1. The van der Waals surface area contributed by atoms with Crippen LogP contribution >= 0.6 is 0 Å². The summed E-state index contributed by atoms with van der Waals surface area (Å²) in [4.78, 5) is 22.8. The van der Waals surface area contributed by atoms with Crippen LogP contribution in [0.25, 0.3) is 0 Å². The topological polar surface area (TPSA) is 58.2 Å². The molecule has 4 nitrogen and oxygen atoms in total. The third-order valence-corrected chi connectivity index (χ3v) is 4.44. The molecule has 2 aliphatic rings. The monoisotopic (exact) mass is 272 g/mol. The molecule has 1 unspecified atom stereocenters. The summed E-state index contributed by atoms with van der Waals surface area (Å²) >= 11 is 0. The summed E-state index contributed by atoms with van der Waals surface area (Å²) < 4.78 is 0. The van der Waals surface area contributed by atoms with Crippen molar-refractivity contribution >= 4 is 11.8 Å². The molecule has 1 saturated carbocycles. The Bertz CT molecular complexity index is 535. The summed E-state index contributed by atoms with van der Waals surface area (Å²) in [5.74, 6) is 0.280. The molecule has 1 saturated heterocycles. The van der Waals surface area contributed by atoms with Crippen LogP contribution in [0.1, 0.15) is 42.7 Å². The van der Waals surface area contributed by atoms with Gasteiger partial charge >= 0.3 is 0 Å². The summed E-state index contributed by atoms with van der Waals surface area (Å²) in [5, 5.41) is 5.78. The smallest absolute Gasteiger partial charge is 0.243 e. The van der Waals surface area contributed by atoms with Crippen molar-refractivity contribution in [2.45, 2.75) is 50.6 Å². The van der Waals surface area contributed by atoms with Crippen LogP contribution in [0.3, 0.4) is 0 Å². The Morgan fingerprint density at radius 3 is 2.65 bits per heavy atom. The van der Waals surface area contributed by atoms with Crippen molar-refractivity contribution in [3.05, 3.63) is 35.4 Å². The Kier molecular flexibility index (Phi) is 3.57. The van der Waals surface area contributed by atoms with E-state index >= 15 is 0 Å². The van der Waals surface area contributed by atoms with E-state index in [0.717, 1.165) is 12.8 Å². The van der Waals surface area contributed by atoms with Crippen molar-refractivity contribution in [3.8, 4) is 0 Å². The number of aryl methyl sites for hydroxylation is 1. The maximum Gasteiger partial charge on any atom is 0.243 e. The second-order valence-electron chi connectivity index (χ2n) is 5.89. The number of amides is 2. The fourth-order valence-electron chi connectivity index (χ4n) is 3.19. The first kappa shape index (κ1) is 13.3. The standard InChI is InChI=1S/C16H20N2O2/c1-10-4-2-3-5-13(10)11-8-12(9-11)17-14-6-7-15(19)18-16(14)20/h2-5,11-12,14,17H,6-9H2,1H3,(H,18,19,20). The van der Waals surface area contributed by atoms with E-state index in [2.05, 4.69) is 41.8 Å². The van der Waals surface area contributed by atoms with Crippen molar-refractivity contribution in [1.29, 1.82) is 0 Å². The van der Waals surface area contributed by atoms with Gasteiger partial charge in [0.2, 0.25) is 11.8 Å². The predicted molar refractivity (Wildman–Crippen MR) is 76.2 cm³/mol. The van der Waals surface area contributed by atoms with Gasteiger partial charge in [-0.15, -0.1) is 0 Å². The third kappa shape index (κ3) is 2.61. The molecule has 0 bridgehead atoms. The van der Waals surface area contributed by atoms with Gasteiger partial charge in [-0.1, -0.05) is 24.3 Å². The molecule has 1 atom stereocenters. The molecule has 20 heavy (non-hydrogen) atoms. The minimum Gasteiger partial charge on any atom is -0.303 e. The summed E-state index contributed by atoms with van der Waals surface area (Å²) in [6.07, 6.45) is 3.21. The lowest BCUT2D eigenvalue weighted by molar-refractivity contribution is -0.135. The van der Waals surface area contributed by atoms with Crippen LogP contribution in [-0.4, -0.2) is 23.9 Å². The second kappa shape index (κ2) is 5.37. The van der Waals surface area contributed by atoms with Gasteiger partial charge in [0.1, 0.15) is 0 Å². The zero-order valence-electron chi connectivity index (χ0n) is 11.7. The Morgan fingerprint density at radius 1 is 1.20 bits per heavy atom. The van der Waals surface area contributed by atoms with Crippen LogP contribution in [0.5, 0.6) is 0 Å². The average Bonchev–Trinajstić information content (AvgIpc) is 2.37. The van der Waals surface area contributed by atoms with E-state index in [1.165, 1.54) is 11.1 Å². The summed E-state index contributed by atoms with van der Waals surface area (Å²) in [5.41, 5.74) is 2.77. The van der Waals surface area contributed by atoms with E-state index < -0.39 is 0 Å². The van der Waals surface area contributed by atoms with Gasteiger partial charge in [-0.25, -0.2) is 0 Å². The van der Waals surface area contributed by atoms with Gasteiger partial charge in [0.05, 0.1) is 6.04 Å². The fraction of sp³-hybridized carbons (Fsp3) is 0.500. The molecule has 2 fully saturated rings. The lowest BCUT2D eigenvalue weighted by Crippen LogP contribution is -2.55. The number of nitrogens with one attached hydrogen (secondary N) is 2. The van der Waals surface area contributed by atoms with Crippen LogP contribution < -0.4 is 10.6 Å². The maximum absolute atomic E-state index is 11.7. The van der Waals surface area contributed by atoms with Gasteiger partial charge in [-0.3, -0.25) is 14.9 Å². The highest BCUT2D eigenvalue weighted by atomic mass is 16.2. The van der Waals surface area contributed by atoms with E-state index in [1.807, 2.05) is 0 Å². The molecule has 3 rings (SSSR count). The van der Waals surface area contributed by atoms with Crippen LogP contribution in [0.4, 0.5) is 0 Å². The molecular formula is C16H20N2O2. The minimum atomic E-state index is -0.199. The highest BCUT2D eigenvalue weighted by Crippen LogP contribution is 2.38. The summed E-state index contributed by atoms with van der Waals surface area (Å²) in [7, 11) is 0. The number of carbonyl (C=O) groups is 2. The molecule has 1 aliphatic heterocycles. The van der Waals surface area contributed by atoms with Crippen molar-refractivity contribution in [2.24, 2.45) is 0 Å². The molecule has 0 spiro atoms. The molecule has 0 radical (unpaired) electrons. The third-order valence-electron chi connectivity index (χ3n) is 4.44. The van der Waals surface area contributed by atoms with E-state index in [-0.39, 0.29) is 17.9 Å². The Hall–Kier alpha value is -1.68. The molecule has 0 aromatic heterocycles. The molecular weight excluding hydrogens is 252 g/mol. The molecule has 1 aromatic carbocycles. The zero-order valence-corrected chi connectivity index (χ0v) is 11.7. The van der Waals surface area contributed by atoms with E-state index in [0.29, 0.717) is 24.8 Å². The normalized spacial score (nSPS) is 29.8. The zero-order chi connectivity index (χ0) is 14.1. The highest BCUT2D eigenvalue weighted by molar-refractivity contribution is 6.00. The molecule has 1 heterocycles. The Labute approximate surface area is 118 Å². The number of benzene rings is 1. The molecule has 1 aliphatic carbocycles. The van der Waals surface area contributed by atoms with Crippen molar-refractivity contribution in [1.82, 2.24) is 10.6 Å². The molecule has 1 aromatic rings. The van der Waals surface area contributed by atoms with E-state index in [4.69, 9.17) is 0 Å². The van der Waals surface area contributed by atoms with Crippen LogP contribution in [0.2, 0.25) is 0 Å².